The highest BCUT2D eigenvalue weighted by Crippen LogP contribution is 2.34. The molecule has 0 saturated heterocycles. The second-order valence-electron chi connectivity index (χ2n) is 9.16. The number of hydrogen-bond acceptors (Lipinski definition) is 6. The zero-order chi connectivity index (χ0) is 26.2. The van der Waals surface area contributed by atoms with Crippen molar-refractivity contribution in [1.29, 1.82) is 0 Å². The van der Waals surface area contributed by atoms with Gasteiger partial charge >= 0.3 is 12.1 Å². The number of carbonyl (C=O) groups is 3. The van der Waals surface area contributed by atoms with Crippen molar-refractivity contribution in [3.05, 3.63) is 66.2 Å². The van der Waals surface area contributed by atoms with Crippen LogP contribution in [0.5, 0.6) is 5.75 Å². The quantitative estimate of drug-likeness (QED) is 0.357. The summed E-state index contributed by atoms with van der Waals surface area (Å²) in [5.74, 6) is -0.892. The van der Waals surface area contributed by atoms with E-state index in [0.717, 1.165) is 11.1 Å². The summed E-state index contributed by atoms with van der Waals surface area (Å²) >= 11 is 0. The number of phenols is 1. The second kappa shape index (κ2) is 12.1. The van der Waals surface area contributed by atoms with Crippen LogP contribution in [-0.2, 0) is 19.1 Å². The van der Waals surface area contributed by atoms with Crippen LogP contribution < -0.4 is 10.6 Å². The maximum Gasteiger partial charge on any atom is 0.408 e. The van der Waals surface area contributed by atoms with Crippen molar-refractivity contribution in [2.24, 2.45) is 0 Å². The number of nitrogens with one attached hydrogen (secondary N) is 2. The average molecular weight is 483 g/mol. The van der Waals surface area contributed by atoms with Crippen LogP contribution in [0.3, 0.4) is 0 Å². The Morgan fingerprint density at radius 2 is 1.80 bits per heavy atom. The minimum Gasteiger partial charge on any atom is -0.507 e. The van der Waals surface area contributed by atoms with Gasteiger partial charge in [0, 0.05) is 5.56 Å². The fourth-order valence-corrected chi connectivity index (χ4v) is 3.56. The van der Waals surface area contributed by atoms with Gasteiger partial charge in [0.15, 0.2) is 0 Å². The normalized spacial score (nSPS) is 12.7. The Labute approximate surface area is 206 Å². The Balaban J connectivity index is 2.34. The molecule has 35 heavy (non-hydrogen) atoms. The number of methoxy groups -OCH3 is 1. The van der Waals surface area contributed by atoms with Crippen LogP contribution in [0.25, 0.3) is 11.1 Å². The van der Waals surface area contributed by atoms with E-state index in [9.17, 15) is 19.5 Å². The molecule has 2 rings (SSSR count). The molecule has 0 bridgehead atoms. The maximum absolute atomic E-state index is 13.1. The summed E-state index contributed by atoms with van der Waals surface area (Å²) < 4.78 is 10.1. The molecule has 0 saturated carbocycles. The number of amides is 2. The van der Waals surface area contributed by atoms with Gasteiger partial charge < -0.3 is 25.2 Å². The first-order valence-corrected chi connectivity index (χ1v) is 11.3. The van der Waals surface area contributed by atoms with E-state index in [1.807, 2.05) is 19.1 Å². The standard InChI is InChI=1S/C27H34N2O6/c1-7-10-20(29-26(33)35-27(3,4)5)25(32)28-21(16-23(31)34-6)18-12-9-13-19(15-18)24-17(2)11-8-14-22(24)30/h7-9,11-15,20-21,30H,1,10,16H2,2-6H3,(H,28,32)(H,29,33)/t20-,21-/m0/s1. The van der Waals surface area contributed by atoms with Crippen molar-refractivity contribution in [3.8, 4) is 16.9 Å². The number of rotatable bonds is 9. The highest BCUT2D eigenvalue weighted by atomic mass is 16.6. The molecule has 0 aliphatic heterocycles. The van der Waals surface area contributed by atoms with Gasteiger partial charge in [-0.15, -0.1) is 6.58 Å². The van der Waals surface area contributed by atoms with Crippen LogP contribution in [0.2, 0.25) is 0 Å². The zero-order valence-corrected chi connectivity index (χ0v) is 20.9. The number of aromatic hydroxyl groups is 1. The van der Waals surface area contributed by atoms with Gasteiger partial charge in [-0.05, 0) is 62.9 Å². The first-order valence-electron chi connectivity index (χ1n) is 11.3. The van der Waals surface area contributed by atoms with Crippen LogP contribution in [-0.4, -0.2) is 41.8 Å². The molecule has 2 aromatic rings. The highest BCUT2D eigenvalue weighted by molar-refractivity contribution is 5.87. The van der Waals surface area contributed by atoms with E-state index in [4.69, 9.17) is 9.47 Å². The van der Waals surface area contributed by atoms with E-state index in [1.165, 1.54) is 13.2 Å². The summed E-state index contributed by atoms with van der Waals surface area (Å²) in [7, 11) is 1.27. The third-order valence-corrected chi connectivity index (χ3v) is 5.15. The molecule has 0 spiro atoms. The Kier molecular flexibility index (Phi) is 9.45. The topological polar surface area (TPSA) is 114 Å². The van der Waals surface area contributed by atoms with E-state index in [1.54, 1.807) is 51.1 Å². The fourth-order valence-electron chi connectivity index (χ4n) is 3.56. The molecule has 2 aromatic carbocycles. The van der Waals surface area contributed by atoms with Crippen LogP contribution in [0.4, 0.5) is 4.79 Å². The molecule has 0 aliphatic carbocycles. The number of carbonyl (C=O) groups excluding carboxylic acids is 3. The summed E-state index contributed by atoms with van der Waals surface area (Å²) in [6.07, 6.45) is 0.811. The van der Waals surface area contributed by atoms with Gasteiger partial charge in [-0.3, -0.25) is 9.59 Å². The van der Waals surface area contributed by atoms with Gasteiger partial charge in [0.05, 0.1) is 19.6 Å². The monoisotopic (exact) mass is 482 g/mol. The lowest BCUT2D eigenvalue weighted by Gasteiger charge is -2.25. The summed E-state index contributed by atoms with van der Waals surface area (Å²) in [6, 6.07) is 10.8. The van der Waals surface area contributed by atoms with E-state index in [-0.39, 0.29) is 18.6 Å². The third kappa shape index (κ3) is 8.17. The number of esters is 1. The summed E-state index contributed by atoms with van der Waals surface area (Å²) in [5, 5.41) is 15.8. The average Bonchev–Trinajstić information content (AvgIpc) is 2.77. The first-order chi connectivity index (χ1) is 16.4. The molecule has 0 unspecified atom stereocenters. The van der Waals surface area contributed by atoms with E-state index in [2.05, 4.69) is 17.2 Å². The van der Waals surface area contributed by atoms with Crippen LogP contribution in [0.1, 0.15) is 50.8 Å². The van der Waals surface area contributed by atoms with Crippen LogP contribution >= 0.6 is 0 Å². The lowest BCUT2D eigenvalue weighted by atomic mass is 9.94. The molecule has 0 radical (unpaired) electrons. The molecule has 0 heterocycles. The number of benzene rings is 2. The van der Waals surface area contributed by atoms with Gasteiger partial charge in [0.25, 0.3) is 0 Å². The molecule has 0 aromatic heterocycles. The summed E-state index contributed by atoms with van der Waals surface area (Å²) in [5.41, 5.74) is 2.18. The molecule has 8 nitrogen and oxygen atoms in total. The molecule has 0 fully saturated rings. The van der Waals surface area contributed by atoms with Gasteiger partial charge in [0.2, 0.25) is 5.91 Å². The Morgan fingerprint density at radius 1 is 1.11 bits per heavy atom. The number of phenolic OH excluding ortho intramolecular Hbond substituents is 1. The second-order valence-corrected chi connectivity index (χ2v) is 9.16. The van der Waals surface area contributed by atoms with Crippen molar-refractivity contribution in [3.63, 3.8) is 0 Å². The summed E-state index contributed by atoms with van der Waals surface area (Å²) in [4.78, 5) is 37.5. The van der Waals surface area contributed by atoms with E-state index >= 15 is 0 Å². The lowest BCUT2D eigenvalue weighted by Crippen LogP contribution is -2.49. The Morgan fingerprint density at radius 3 is 2.40 bits per heavy atom. The van der Waals surface area contributed by atoms with Gasteiger partial charge in [-0.1, -0.05) is 36.4 Å². The minimum atomic E-state index is -0.953. The van der Waals surface area contributed by atoms with Gasteiger partial charge in [0.1, 0.15) is 17.4 Å². The van der Waals surface area contributed by atoms with Crippen LogP contribution in [0, 0.1) is 6.92 Å². The van der Waals surface area contributed by atoms with Crippen molar-refractivity contribution in [1.82, 2.24) is 10.6 Å². The van der Waals surface area contributed by atoms with Crippen molar-refractivity contribution < 1.29 is 29.0 Å². The Hall–Kier alpha value is -3.81. The van der Waals surface area contributed by atoms with Gasteiger partial charge in [-0.25, -0.2) is 4.79 Å². The lowest BCUT2D eigenvalue weighted by molar-refractivity contribution is -0.141. The molecule has 8 heteroatoms. The molecule has 0 aliphatic rings. The Bertz CT molecular complexity index is 1050. The predicted octanol–water partition coefficient (Wildman–Crippen LogP) is 4.56. The fraction of sp³-hybridized carbons (Fsp3) is 0.370. The highest BCUT2D eigenvalue weighted by Gasteiger charge is 2.27. The number of aryl methyl sites for hydroxylation is 1. The number of hydrogen-bond donors (Lipinski definition) is 3. The van der Waals surface area contributed by atoms with E-state index in [0.29, 0.717) is 11.1 Å². The van der Waals surface area contributed by atoms with Gasteiger partial charge in [-0.2, -0.15) is 0 Å². The minimum absolute atomic E-state index is 0.126. The van der Waals surface area contributed by atoms with Crippen molar-refractivity contribution in [2.75, 3.05) is 7.11 Å². The first kappa shape index (κ1) is 27.4. The molecule has 2 atom stereocenters. The van der Waals surface area contributed by atoms with Crippen molar-refractivity contribution in [2.45, 2.75) is 58.2 Å². The molecule has 2 amide bonds. The zero-order valence-electron chi connectivity index (χ0n) is 20.9. The molecule has 3 N–H and O–H groups in total. The van der Waals surface area contributed by atoms with E-state index < -0.39 is 35.7 Å². The smallest absolute Gasteiger partial charge is 0.408 e. The van der Waals surface area contributed by atoms with Crippen molar-refractivity contribution >= 4 is 18.0 Å². The number of ether oxygens (including phenoxy) is 2. The maximum atomic E-state index is 13.1. The third-order valence-electron chi connectivity index (χ3n) is 5.15. The number of alkyl carbamates (subject to hydrolysis) is 1. The summed E-state index contributed by atoms with van der Waals surface area (Å²) in [6.45, 7) is 10.7. The molecular formula is C27H34N2O6. The SMILES string of the molecule is C=CC[C@H](NC(=O)OC(C)(C)C)C(=O)N[C@@H](CC(=O)OC)c1cccc(-c2c(C)cccc2O)c1. The largest absolute Gasteiger partial charge is 0.507 e. The molecular weight excluding hydrogens is 448 g/mol. The van der Waals surface area contributed by atoms with Crippen LogP contribution in [0.15, 0.2) is 55.1 Å². The predicted molar refractivity (Wildman–Crippen MR) is 134 cm³/mol. The molecule has 188 valence electrons.